The molecule has 0 bridgehead atoms. The van der Waals surface area contributed by atoms with Gasteiger partial charge in [0, 0.05) is 0 Å². The van der Waals surface area contributed by atoms with Gasteiger partial charge in [-0.2, -0.15) is 0 Å². The SMILES string of the molecule is C=CO/N=C(/C)c1ccccc1. The van der Waals surface area contributed by atoms with E-state index in [1.54, 1.807) is 0 Å². The van der Waals surface area contributed by atoms with E-state index in [2.05, 4.69) is 11.7 Å². The summed E-state index contributed by atoms with van der Waals surface area (Å²) < 4.78 is 0. The van der Waals surface area contributed by atoms with E-state index >= 15 is 0 Å². The van der Waals surface area contributed by atoms with Gasteiger partial charge in [-0.15, -0.1) is 0 Å². The maximum Gasteiger partial charge on any atom is 0.114 e. The molecule has 0 heterocycles. The van der Waals surface area contributed by atoms with Crippen molar-refractivity contribution in [3.05, 3.63) is 48.7 Å². The number of rotatable bonds is 3. The molecule has 2 nitrogen and oxygen atoms in total. The molecule has 0 fully saturated rings. The van der Waals surface area contributed by atoms with Crippen molar-refractivity contribution >= 4 is 5.71 Å². The second-order valence-corrected chi connectivity index (χ2v) is 2.31. The van der Waals surface area contributed by atoms with Gasteiger partial charge in [0.25, 0.3) is 0 Å². The lowest BCUT2D eigenvalue weighted by Crippen LogP contribution is -1.93. The summed E-state index contributed by atoms with van der Waals surface area (Å²) in [5.41, 5.74) is 1.90. The number of oxime groups is 1. The highest BCUT2D eigenvalue weighted by Crippen LogP contribution is 2.00. The van der Waals surface area contributed by atoms with E-state index in [4.69, 9.17) is 4.84 Å². The second-order valence-electron chi connectivity index (χ2n) is 2.31. The fourth-order valence-electron chi connectivity index (χ4n) is 0.848. The third-order valence-electron chi connectivity index (χ3n) is 1.46. The minimum atomic E-state index is 0.843. The summed E-state index contributed by atoms with van der Waals surface area (Å²) >= 11 is 0. The molecule has 0 aliphatic rings. The fraction of sp³-hybridized carbons (Fsp3) is 0.100. The number of benzene rings is 1. The van der Waals surface area contributed by atoms with E-state index in [0.717, 1.165) is 11.3 Å². The third-order valence-corrected chi connectivity index (χ3v) is 1.46. The van der Waals surface area contributed by atoms with Crippen molar-refractivity contribution in [1.82, 2.24) is 0 Å². The molecule has 0 saturated carbocycles. The Morgan fingerprint density at radius 1 is 1.42 bits per heavy atom. The molecule has 0 aliphatic heterocycles. The Morgan fingerprint density at radius 3 is 2.67 bits per heavy atom. The van der Waals surface area contributed by atoms with Crippen molar-refractivity contribution in [3.63, 3.8) is 0 Å². The maximum atomic E-state index is 4.70. The molecule has 62 valence electrons. The van der Waals surface area contributed by atoms with Gasteiger partial charge in [-0.05, 0) is 12.5 Å². The Morgan fingerprint density at radius 2 is 2.08 bits per heavy atom. The quantitative estimate of drug-likeness (QED) is 0.379. The van der Waals surface area contributed by atoms with Crippen molar-refractivity contribution in [3.8, 4) is 0 Å². The van der Waals surface area contributed by atoms with Crippen LogP contribution in [0.25, 0.3) is 0 Å². The van der Waals surface area contributed by atoms with E-state index in [9.17, 15) is 0 Å². The molecule has 0 amide bonds. The monoisotopic (exact) mass is 161 g/mol. The van der Waals surface area contributed by atoms with Crippen LogP contribution < -0.4 is 0 Å². The zero-order valence-electron chi connectivity index (χ0n) is 7.03. The van der Waals surface area contributed by atoms with E-state index in [1.165, 1.54) is 6.26 Å². The molecule has 0 aromatic heterocycles. The van der Waals surface area contributed by atoms with Crippen LogP contribution in [0, 0.1) is 0 Å². The van der Waals surface area contributed by atoms with Gasteiger partial charge in [0.05, 0.1) is 5.71 Å². The van der Waals surface area contributed by atoms with Gasteiger partial charge in [-0.1, -0.05) is 42.1 Å². The molecule has 0 saturated heterocycles. The van der Waals surface area contributed by atoms with Crippen LogP contribution in [-0.4, -0.2) is 5.71 Å². The summed E-state index contributed by atoms with van der Waals surface area (Å²) in [6, 6.07) is 9.84. The van der Waals surface area contributed by atoms with Crippen LogP contribution >= 0.6 is 0 Å². The summed E-state index contributed by atoms with van der Waals surface area (Å²) in [5, 5.41) is 3.81. The van der Waals surface area contributed by atoms with E-state index in [0.29, 0.717) is 0 Å². The standard InChI is InChI=1S/C10H11NO/c1-3-12-11-9(2)10-7-5-4-6-8-10/h3-8H,1H2,2H3/b11-9-. The van der Waals surface area contributed by atoms with Crippen molar-refractivity contribution in [2.24, 2.45) is 5.16 Å². The Hall–Kier alpha value is -1.57. The largest absolute Gasteiger partial charge is 0.365 e. The van der Waals surface area contributed by atoms with E-state index in [1.807, 2.05) is 37.3 Å². The number of hydrogen-bond acceptors (Lipinski definition) is 2. The average molecular weight is 161 g/mol. The van der Waals surface area contributed by atoms with Crippen LogP contribution in [0.4, 0.5) is 0 Å². The first-order chi connectivity index (χ1) is 5.84. The predicted molar refractivity (Wildman–Crippen MR) is 49.9 cm³/mol. The lowest BCUT2D eigenvalue weighted by molar-refractivity contribution is 0.269. The third kappa shape index (κ3) is 2.23. The summed E-state index contributed by atoms with van der Waals surface area (Å²) in [6.45, 7) is 5.28. The topological polar surface area (TPSA) is 21.6 Å². The second kappa shape index (κ2) is 4.34. The summed E-state index contributed by atoms with van der Waals surface area (Å²) in [7, 11) is 0. The lowest BCUT2D eigenvalue weighted by Gasteiger charge is -1.97. The van der Waals surface area contributed by atoms with Crippen LogP contribution in [0.5, 0.6) is 0 Å². The molecule has 1 rings (SSSR count). The Balaban J connectivity index is 2.77. The van der Waals surface area contributed by atoms with Crippen molar-refractivity contribution in [2.75, 3.05) is 0 Å². The first-order valence-corrected chi connectivity index (χ1v) is 3.71. The van der Waals surface area contributed by atoms with Crippen LogP contribution in [0.3, 0.4) is 0 Å². The van der Waals surface area contributed by atoms with Crippen molar-refractivity contribution < 1.29 is 4.84 Å². The van der Waals surface area contributed by atoms with Crippen LogP contribution in [0.1, 0.15) is 12.5 Å². The number of nitrogens with zero attached hydrogens (tertiary/aromatic N) is 1. The highest BCUT2D eigenvalue weighted by Gasteiger charge is 1.93. The smallest absolute Gasteiger partial charge is 0.114 e. The molecule has 1 aromatic carbocycles. The minimum absolute atomic E-state index is 0.843. The maximum absolute atomic E-state index is 4.70. The van der Waals surface area contributed by atoms with Gasteiger partial charge in [0.2, 0.25) is 0 Å². The van der Waals surface area contributed by atoms with Gasteiger partial charge in [-0.3, -0.25) is 0 Å². The molecule has 1 aromatic rings. The summed E-state index contributed by atoms with van der Waals surface area (Å²) in [6.07, 6.45) is 1.30. The van der Waals surface area contributed by atoms with Gasteiger partial charge in [0.1, 0.15) is 6.26 Å². The Labute approximate surface area is 72.2 Å². The molecule has 0 atom stereocenters. The van der Waals surface area contributed by atoms with E-state index in [-0.39, 0.29) is 0 Å². The van der Waals surface area contributed by atoms with Gasteiger partial charge >= 0.3 is 0 Å². The molecule has 0 aliphatic carbocycles. The van der Waals surface area contributed by atoms with Gasteiger partial charge in [-0.25, -0.2) is 0 Å². The Kier molecular flexibility index (Phi) is 3.08. The van der Waals surface area contributed by atoms with E-state index < -0.39 is 0 Å². The van der Waals surface area contributed by atoms with Gasteiger partial charge < -0.3 is 4.84 Å². The number of hydrogen-bond donors (Lipinski definition) is 0. The lowest BCUT2D eigenvalue weighted by atomic mass is 10.1. The average Bonchev–Trinajstić information content (AvgIpc) is 2.15. The van der Waals surface area contributed by atoms with Crippen molar-refractivity contribution in [1.29, 1.82) is 0 Å². The highest BCUT2D eigenvalue weighted by molar-refractivity contribution is 5.98. The molecule has 0 N–H and O–H groups in total. The molecular weight excluding hydrogens is 150 g/mol. The zero-order valence-corrected chi connectivity index (χ0v) is 7.03. The normalized spacial score (nSPS) is 10.9. The summed E-state index contributed by atoms with van der Waals surface area (Å²) in [5.74, 6) is 0. The van der Waals surface area contributed by atoms with Crippen molar-refractivity contribution in [2.45, 2.75) is 6.92 Å². The van der Waals surface area contributed by atoms with Crippen LogP contribution in [0.2, 0.25) is 0 Å². The molecule has 0 radical (unpaired) electrons. The minimum Gasteiger partial charge on any atom is -0.365 e. The molecule has 0 unspecified atom stereocenters. The first-order valence-electron chi connectivity index (χ1n) is 3.71. The zero-order chi connectivity index (χ0) is 8.81. The summed E-state index contributed by atoms with van der Waals surface area (Å²) in [4.78, 5) is 4.70. The highest BCUT2D eigenvalue weighted by atomic mass is 16.6. The molecule has 2 heteroatoms. The predicted octanol–water partition coefficient (Wildman–Crippen LogP) is 2.57. The molecule has 12 heavy (non-hydrogen) atoms. The molecular formula is C10H11NO. The first kappa shape index (κ1) is 8.53. The van der Waals surface area contributed by atoms with Crippen LogP contribution in [-0.2, 0) is 4.84 Å². The van der Waals surface area contributed by atoms with Crippen LogP contribution in [0.15, 0.2) is 48.3 Å². The molecule has 0 spiro atoms. The fourth-order valence-corrected chi connectivity index (χ4v) is 0.848. The van der Waals surface area contributed by atoms with Gasteiger partial charge in [0.15, 0.2) is 0 Å². The Bertz CT molecular complexity index is 277.